The first-order valence-electron chi connectivity index (χ1n) is 6.31. The maximum absolute atomic E-state index is 12.4. The van der Waals surface area contributed by atoms with Gasteiger partial charge in [0.05, 0.1) is 12.8 Å². The van der Waals surface area contributed by atoms with Gasteiger partial charge >= 0.3 is 5.97 Å². The summed E-state index contributed by atoms with van der Waals surface area (Å²) in [5, 5.41) is 7.87. The number of methoxy groups -OCH3 is 1. The first-order valence-corrected chi connectivity index (χ1v) is 6.31. The number of ketones is 1. The van der Waals surface area contributed by atoms with Crippen LogP contribution in [0, 0.1) is 5.92 Å². The molecule has 7 heteroatoms. The average Bonchev–Trinajstić information content (AvgIpc) is 3.09. The van der Waals surface area contributed by atoms with Crippen molar-refractivity contribution in [1.82, 2.24) is 19.9 Å². The van der Waals surface area contributed by atoms with E-state index >= 15 is 0 Å². The zero-order valence-corrected chi connectivity index (χ0v) is 12.0. The molecule has 1 aromatic heterocycles. The van der Waals surface area contributed by atoms with Gasteiger partial charge in [0.1, 0.15) is 5.57 Å². The number of carbonyl (C=O) groups is 2. The largest absolute Gasteiger partial charge is 0.465 e. The van der Waals surface area contributed by atoms with Gasteiger partial charge in [-0.05, 0) is 6.42 Å². The second kappa shape index (κ2) is 5.44. The van der Waals surface area contributed by atoms with Crippen molar-refractivity contribution in [2.45, 2.75) is 12.3 Å². The molecule has 2 atom stereocenters. The van der Waals surface area contributed by atoms with Crippen LogP contribution in [-0.2, 0) is 21.4 Å². The molecule has 1 saturated carbocycles. The number of hydrogen-bond donors (Lipinski definition) is 0. The Morgan fingerprint density at radius 1 is 1.50 bits per heavy atom. The summed E-state index contributed by atoms with van der Waals surface area (Å²) < 4.78 is 6.27. The highest BCUT2D eigenvalue weighted by Crippen LogP contribution is 2.48. The molecule has 20 heavy (non-hydrogen) atoms. The van der Waals surface area contributed by atoms with E-state index in [0.29, 0.717) is 6.42 Å². The Balaban J connectivity index is 2.13. The Kier molecular flexibility index (Phi) is 3.87. The summed E-state index contributed by atoms with van der Waals surface area (Å²) in [5.74, 6) is -0.960. The predicted octanol–water partition coefficient (Wildman–Crippen LogP) is 0.106. The molecule has 7 nitrogen and oxygen atoms in total. The lowest BCUT2D eigenvalue weighted by molar-refractivity contribution is -0.138. The predicted molar refractivity (Wildman–Crippen MR) is 70.6 cm³/mol. The van der Waals surface area contributed by atoms with Gasteiger partial charge in [-0.3, -0.25) is 9.48 Å². The molecule has 2 rings (SSSR count). The van der Waals surface area contributed by atoms with Crippen LogP contribution < -0.4 is 0 Å². The minimum Gasteiger partial charge on any atom is -0.465 e. The van der Waals surface area contributed by atoms with Gasteiger partial charge in [0.2, 0.25) is 0 Å². The maximum atomic E-state index is 12.4. The first-order chi connectivity index (χ1) is 9.43. The van der Waals surface area contributed by atoms with Crippen LogP contribution in [0.2, 0.25) is 0 Å². The van der Waals surface area contributed by atoms with Crippen molar-refractivity contribution in [2.75, 3.05) is 21.2 Å². The third-order valence-corrected chi connectivity index (χ3v) is 3.19. The summed E-state index contributed by atoms with van der Waals surface area (Å²) in [5.41, 5.74) is 0.869. The highest BCUT2D eigenvalue weighted by Gasteiger charge is 2.47. The molecule has 1 heterocycles. The van der Waals surface area contributed by atoms with Crippen molar-refractivity contribution in [3.63, 3.8) is 0 Å². The molecule has 2 unspecified atom stereocenters. The summed E-state index contributed by atoms with van der Waals surface area (Å²) in [6, 6.07) is 0. The Bertz CT molecular complexity index is 562. The fraction of sp³-hybridized carbons (Fsp3) is 0.538. The first kappa shape index (κ1) is 14.2. The normalized spacial score (nSPS) is 21.5. The summed E-state index contributed by atoms with van der Waals surface area (Å²) >= 11 is 0. The van der Waals surface area contributed by atoms with Gasteiger partial charge in [-0.2, -0.15) is 0 Å². The number of hydrogen-bond acceptors (Lipinski definition) is 6. The second-order valence-corrected chi connectivity index (χ2v) is 5.13. The number of carbonyl (C=O) groups excluding carboxylic acids is 2. The van der Waals surface area contributed by atoms with E-state index in [0.717, 1.165) is 5.69 Å². The van der Waals surface area contributed by atoms with Gasteiger partial charge in [-0.25, -0.2) is 4.79 Å². The molecule has 1 fully saturated rings. The molecule has 1 aromatic rings. The molecular formula is C13H18N4O3. The number of Topliss-reactive ketones (excluding diaryl/α,β-unsaturated/α-hetero) is 1. The van der Waals surface area contributed by atoms with Crippen molar-refractivity contribution in [1.29, 1.82) is 0 Å². The van der Waals surface area contributed by atoms with Gasteiger partial charge in [0, 0.05) is 45.4 Å². The van der Waals surface area contributed by atoms with Gasteiger partial charge in [-0.1, -0.05) is 5.21 Å². The van der Waals surface area contributed by atoms with Crippen molar-refractivity contribution in [3.8, 4) is 0 Å². The van der Waals surface area contributed by atoms with E-state index in [-0.39, 0.29) is 23.2 Å². The molecule has 108 valence electrons. The van der Waals surface area contributed by atoms with Crippen LogP contribution in [0.3, 0.4) is 0 Å². The maximum Gasteiger partial charge on any atom is 0.342 e. The van der Waals surface area contributed by atoms with Gasteiger partial charge in [0.15, 0.2) is 5.78 Å². The fourth-order valence-corrected chi connectivity index (χ4v) is 2.13. The molecule has 0 N–H and O–H groups in total. The minimum atomic E-state index is -0.603. The molecule has 0 saturated heterocycles. The lowest BCUT2D eigenvalue weighted by Crippen LogP contribution is -2.19. The van der Waals surface area contributed by atoms with Crippen LogP contribution in [0.5, 0.6) is 0 Å². The monoisotopic (exact) mass is 278 g/mol. The average molecular weight is 278 g/mol. The van der Waals surface area contributed by atoms with Crippen LogP contribution in [0.4, 0.5) is 0 Å². The zero-order chi connectivity index (χ0) is 14.9. The van der Waals surface area contributed by atoms with E-state index in [2.05, 4.69) is 15.0 Å². The second-order valence-electron chi connectivity index (χ2n) is 5.13. The smallest absolute Gasteiger partial charge is 0.342 e. The van der Waals surface area contributed by atoms with Crippen LogP contribution in [0.1, 0.15) is 18.0 Å². The third-order valence-electron chi connectivity index (χ3n) is 3.19. The number of ether oxygens (including phenoxy) is 1. The van der Waals surface area contributed by atoms with E-state index in [9.17, 15) is 9.59 Å². The van der Waals surface area contributed by atoms with Crippen molar-refractivity contribution in [2.24, 2.45) is 13.0 Å². The molecule has 1 aliphatic rings. The van der Waals surface area contributed by atoms with Crippen LogP contribution in [0.15, 0.2) is 18.0 Å². The number of aryl methyl sites for hydroxylation is 1. The van der Waals surface area contributed by atoms with Crippen LogP contribution in [0.25, 0.3) is 0 Å². The zero-order valence-electron chi connectivity index (χ0n) is 12.0. The third kappa shape index (κ3) is 2.87. The van der Waals surface area contributed by atoms with Crippen LogP contribution >= 0.6 is 0 Å². The minimum absolute atomic E-state index is 0.0476. The summed E-state index contributed by atoms with van der Waals surface area (Å²) in [7, 11) is 6.56. The van der Waals surface area contributed by atoms with Gasteiger partial charge in [0.25, 0.3) is 0 Å². The lowest BCUT2D eigenvalue weighted by atomic mass is 10.1. The van der Waals surface area contributed by atoms with E-state index < -0.39 is 5.97 Å². The molecular weight excluding hydrogens is 260 g/mol. The van der Waals surface area contributed by atoms with E-state index in [1.807, 2.05) is 0 Å². The molecule has 0 radical (unpaired) electrons. The lowest BCUT2D eigenvalue weighted by Gasteiger charge is -2.09. The molecule has 1 aliphatic carbocycles. The number of nitrogens with zero attached hydrogens (tertiary/aromatic N) is 4. The molecule has 0 aromatic carbocycles. The van der Waals surface area contributed by atoms with E-state index in [1.54, 1.807) is 36.9 Å². The summed E-state index contributed by atoms with van der Waals surface area (Å²) in [6.45, 7) is 0. The number of rotatable bonds is 5. The molecule has 0 amide bonds. The molecule has 0 aliphatic heterocycles. The topological polar surface area (TPSA) is 77.3 Å². The SMILES string of the molecule is COC(=O)C(=CN(C)C)C(=O)C1CC1c1cn(C)nn1. The van der Waals surface area contributed by atoms with Crippen LogP contribution in [-0.4, -0.2) is 52.9 Å². The molecule has 0 spiro atoms. The highest BCUT2D eigenvalue weighted by molar-refractivity contribution is 6.19. The Morgan fingerprint density at radius 3 is 2.70 bits per heavy atom. The Hall–Kier alpha value is -2.18. The van der Waals surface area contributed by atoms with E-state index in [4.69, 9.17) is 0 Å². The fourth-order valence-electron chi connectivity index (χ4n) is 2.13. The summed E-state index contributed by atoms with van der Waals surface area (Å²) in [6.07, 6.45) is 3.99. The number of aromatic nitrogens is 3. The van der Waals surface area contributed by atoms with Gasteiger partial charge in [-0.15, -0.1) is 5.10 Å². The number of esters is 1. The quantitative estimate of drug-likeness (QED) is 0.329. The Morgan fingerprint density at radius 2 is 2.20 bits per heavy atom. The van der Waals surface area contributed by atoms with Crippen molar-refractivity contribution >= 4 is 11.8 Å². The standard InChI is InChI=1S/C13H18N4O3/c1-16(2)6-10(13(19)20-4)12(18)9-5-8(9)11-7-17(3)15-14-11/h6-9H,5H2,1-4H3. The van der Waals surface area contributed by atoms with E-state index in [1.165, 1.54) is 13.3 Å². The molecule has 0 bridgehead atoms. The van der Waals surface area contributed by atoms with Gasteiger partial charge < -0.3 is 9.64 Å². The highest BCUT2D eigenvalue weighted by atomic mass is 16.5. The van der Waals surface area contributed by atoms with Crippen molar-refractivity contribution < 1.29 is 14.3 Å². The van der Waals surface area contributed by atoms with Crippen molar-refractivity contribution in [3.05, 3.63) is 23.7 Å². The summed E-state index contributed by atoms with van der Waals surface area (Å²) in [4.78, 5) is 25.7. The Labute approximate surface area is 117 Å².